The Hall–Kier alpha value is -1.02. The fourth-order valence-corrected chi connectivity index (χ4v) is 2.03. The molecule has 1 aromatic carbocycles. The molecule has 2 heteroatoms. The summed E-state index contributed by atoms with van der Waals surface area (Å²) in [6.45, 7) is 7.89. The van der Waals surface area contributed by atoms with Crippen LogP contribution in [0.1, 0.15) is 32.8 Å². The Labute approximate surface area is 98.2 Å². The molecule has 1 aliphatic carbocycles. The Morgan fingerprint density at radius 1 is 1.31 bits per heavy atom. The summed E-state index contributed by atoms with van der Waals surface area (Å²) in [7, 11) is 0. The molecule has 1 aliphatic rings. The molecule has 2 rings (SSSR count). The third-order valence-electron chi connectivity index (χ3n) is 3.61. The molecule has 16 heavy (non-hydrogen) atoms. The number of nitrogens with one attached hydrogen (secondary N) is 1. The van der Waals surface area contributed by atoms with Crippen LogP contribution in [0.2, 0.25) is 0 Å². The second kappa shape index (κ2) is 4.10. The number of hydrogen-bond acceptors (Lipinski definition) is 2. The number of benzene rings is 1. The SMILES string of the molecule is CC1CC1NCC(C)(C)c1ccc(N)cc1. The molecule has 1 aromatic rings. The first-order valence-electron chi connectivity index (χ1n) is 6.08. The van der Waals surface area contributed by atoms with Crippen molar-refractivity contribution in [3.63, 3.8) is 0 Å². The number of nitrogen functional groups attached to an aromatic ring is 1. The molecule has 2 nitrogen and oxygen atoms in total. The van der Waals surface area contributed by atoms with Gasteiger partial charge in [0.2, 0.25) is 0 Å². The molecule has 0 aromatic heterocycles. The molecule has 3 N–H and O–H groups in total. The van der Waals surface area contributed by atoms with Gasteiger partial charge in [-0.3, -0.25) is 0 Å². The summed E-state index contributed by atoms with van der Waals surface area (Å²) in [5.41, 5.74) is 8.07. The van der Waals surface area contributed by atoms with Crippen molar-refractivity contribution in [2.24, 2.45) is 5.92 Å². The zero-order valence-corrected chi connectivity index (χ0v) is 10.5. The first-order chi connectivity index (χ1) is 7.49. The van der Waals surface area contributed by atoms with Gasteiger partial charge in [-0.15, -0.1) is 0 Å². The highest BCUT2D eigenvalue weighted by Crippen LogP contribution is 2.31. The summed E-state index contributed by atoms with van der Waals surface area (Å²) >= 11 is 0. The van der Waals surface area contributed by atoms with Gasteiger partial charge in [0.25, 0.3) is 0 Å². The summed E-state index contributed by atoms with van der Waals surface area (Å²) in [6.07, 6.45) is 1.33. The molecule has 0 spiro atoms. The Kier molecular flexibility index (Phi) is 2.94. The van der Waals surface area contributed by atoms with E-state index in [0.29, 0.717) is 0 Å². The Balaban J connectivity index is 1.97. The lowest BCUT2D eigenvalue weighted by Gasteiger charge is -2.26. The Morgan fingerprint density at radius 3 is 2.38 bits per heavy atom. The van der Waals surface area contributed by atoms with Gasteiger partial charge < -0.3 is 11.1 Å². The van der Waals surface area contributed by atoms with Crippen LogP contribution in [0.4, 0.5) is 5.69 Å². The van der Waals surface area contributed by atoms with Gasteiger partial charge in [-0.1, -0.05) is 32.9 Å². The van der Waals surface area contributed by atoms with Crippen LogP contribution >= 0.6 is 0 Å². The Bertz CT molecular complexity index is 354. The van der Waals surface area contributed by atoms with E-state index in [9.17, 15) is 0 Å². The standard InChI is InChI=1S/C14H22N2/c1-10-8-13(10)16-9-14(2,3)11-4-6-12(15)7-5-11/h4-7,10,13,16H,8-9,15H2,1-3H3. The largest absolute Gasteiger partial charge is 0.399 e. The molecule has 0 saturated heterocycles. The zero-order valence-electron chi connectivity index (χ0n) is 10.5. The van der Waals surface area contributed by atoms with Crippen molar-refractivity contribution < 1.29 is 0 Å². The van der Waals surface area contributed by atoms with Crippen molar-refractivity contribution >= 4 is 5.69 Å². The average molecular weight is 218 g/mol. The van der Waals surface area contributed by atoms with Crippen molar-refractivity contribution in [2.75, 3.05) is 12.3 Å². The lowest BCUT2D eigenvalue weighted by atomic mass is 9.84. The van der Waals surface area contributed by atoms with Crippen LogP contribution in [0, 0.1) is 5.92 Å². The predicted molar refractivity (Wildman–Crippen MR) is 69.5 cm³/mol. The van der Waals surface area contributed by atoms with E-state index in [1.54, 1.807) is 0 Å². The van der Waals surface area contributed by atoms with Crippen LogP contribution in [0.5, 0.6) is 0 Å². The van der Waals surface area contributed by atoms with Gasteiger partial charge in [-0.25, -0.2) is 0 Å². The topological polar surface area (TPSA) is 38.0 Å². The monoisotopic (exact) mass is 218 g/mol. The van der Waals surface area contributed by atoms with Crippen molar-refractivity contribution in [3.05, 3.63) is 29.8 Å². The van der Waals surface area contributed by atoms with E-state index < -0.39 is 0 Å². The number of rotatable bonds is 4. The predicted octanol–water partition coefficient (Wildman–Crippen LogP) is 2.54. The number of hydrogen-bond donors (Lipinski definition) is 2. The third kappa shape index (κ3) is 2.56. The molecule has 2 unspecified atom stereocenters. The number of nitrogens with two attached hydrogens (primary N) is 1. The molecule has 2 atom stereocenters. The Morgan fingerprint density at radius 2 is 1.88 bits per heavy atom. The minimum atomic E-state index is 0.177. The maximum absolute atomic E-state index is 5.70. The molecular weight excluding hydrogens is 196 g/mol. The number of anilines is 1. The second-order valence-corrected chi connectivity index (χ2v) is 5.71. The quantitative estimate of drug-likeness (QED) is 0.762. The molecule has 1 saturated carbocycles. The van der Waals surface area contributed by atoms with Crippen molar-refractivity contribution in [1.29, 1.82) is 0 Å². The molecule has 0 radical (unpaired) electrons. The summed E-state index contributed by atoms with van der Waals surface area (Å²) in [4.78, 5) is 0. The van der Waals surface area contributed by atoms with E-state index in [1.807, 2.05) is 12.1 Å². The van der Waals surface area contributed by atoms with Gasteiger partial charge >= 0.3 is 0 Å². The highest BCUT2D eigenvalue weighted by atomic mass is 15.0. The fraction of sp³-hybridized carbons (Fsp3) is 0.571. The van der Waals surface area contributed by atoms with Gasteiger partial charge in [0.05, 0.1) is 0 Å². The van der Waals surface area contributed by atoms with E-state index in [0.717, 1.165) is 24.2 Å². The summed E-state index contributed by atoms with van der Waals surface area (Å²) in [5, 5.41) is 3.63. The first kappa shape index (κ1) is 11.5. The molecule has 88 valence electrons. The fourth-order valence-electron chi connectivity index (χ4n) is 2.03. The zero-order chi connectivity index (χ0) is 11.8. The molecule has 0 amide bonds. The van der Waals surface area contributed by atoms with Crippen LogP contribution in [-0.4, -0.2) is 12.6 Å². The normalized spacial score (nSPS) is 24.4. The summed E-state index contributed by atoms with van der Waals surface area (Å²) in [5.74, 6) is 0.863. The van der Waals surface area contributed by atoms with Crippen LogP contribution in [0.15, 0.2) is 24.3 Å². The van der Waals surface area contributed by atoms with Gasteiger partial charge in [-0.2, -0.15) is 0 Å². The maximum atomic E-state index is 5.70. The van der Waals surface area contributed by atoms with Crippen molar-refractivity contribution in [1.82, 2.24) is 5.32 Å². The smallest absolute Gasteiger partial charge is 0.0314 e. The highest BCUT2D eigenvalue weighted by Gasteiger charge is 2.33. The van der Waals surface area contributed by atoms with Crippen LogP contribution in [0.3, 0.4) is 0 Å². The maximum Gasteiger partial charge on any atom is 0.0314 e. The molecule has 1 fully saturated rings. The first-order valence-corrected chi connectivity index (χ1v) is 6.08. The van der Waals surface area contributed by atoms with E-state index in [4.69, 9.17) is 5.73 Å². The third-order valence-corrected chi connectivity index (χ3v) is 3.61. The van der Waals surface area contributed by atoms with Gasteiger partial charge in [0.15, 0.2) is 0 Å². The van der Waals surface area contributed by atoms with E-state index >= 15 is 0 Å². The van der Waals surface area contributed by atoms with Crippen LogP contribution in [-0.2, 0) is 5.41 Å². The molecule has 0 bridgehead atoms. The summed E-state index contributed by atoms with van der Waals surface area (Å²) < 4.78 is 0. The van der Waals surface area contributed by atoms with E-state index in [1.165, 1.54) is 12.0 Å². The lowest BCUT2D eigenvalue weighted by Crippen LogP contribution is -2.34. The van der Waals surface area contributed by atoms with Crippen molar-refractivity contribution in [2.45, 2.75) is 38.6 Å². The second-order valence-electron chi connectivity index (χ2n) is 5.71. The van der Waals surface area contributed by atoms with E-state index in [2.05, 4.69) is 38.2 Å². The minimum Gasteiger partial charge on any atom is -0.399 e. The molecular formula is C14H22N2. The van der Waals surface area contributed by atoms with Crippen molar-refractivity contribution in [3.8, 4) is 0 Å². The molecule has 0 heterocycles. The minimum absolute atomic E-state index is 0.177. The van der Waals surface area contributed by atoms with Crippen LogP contribution < -0.4 is 11.1 Å². The van der Waals surface area contributed by atoms with Gasteiger partial charge in [0.1, 0.15) is 0 Å². The lowest BCUT2D eigenvalue weighted by molar-refractivity contribution is 0.461. The van der Waals surface area contributed by atoms with Crippen LogP contribution in [0.25, 0.3) is 0 Å². The van der Waals surface area contributed by atoms with E-state index in [-0.39, 0.29) is 5.41 Å². The molecule has 0 aliphatic heterocycles. The summed E-state index contributed by atoms with van der Waals surface area (Å²) in [6, 6.07) is 8.97. The van der Waals surface area contributed by atoms with Gasteiger partial charge in [0, 0.05) is 23.7 Å². The average Bonchev–Trinajstić information content (AvgIpc) is 2.93. The van der Waals surface area contributed by atoms with Gasteiger partial charge in [-0.05, 0) is 30.0 Å². The highest BCUT2D eigenvalue weighted by molar-refractivity contribution is 5.41.